The van der Waals surface area contributed by atoms with Crippen molar-refractivity contribution in [2.75, 3.05) is 19.6 Å². The summed E-state index contributed by atoms with van der Waals surface area (Å²) in [6, 6.07) is 7.36. The van der Waals surface area contributed by atoms with Gasteiger partial charge in [-0.1, -0.05) is 12.1 Å². The topological polar surface area (TPSA) is 91.7 Å². The standard InChI is InChI=1S/C18H21N7O.ClH/c1-12-21-16(23-22-12)13-3-5-14(6-4-13)18(26)25-10-7-19-11-15(25)17-20-8-9-24(17)2;/h3-6,8-9,15,19H,7,10-11H2,1-2H3,(H,21,22,23);1H. The summed E-state index contributed by atoms with van der Waals surface area (Å²) in [7, 11) is 1.95. The average molecular weight is 388 g/mol. The predicted molar refractivity (Wildman–Crippen MR) is 104 cm³/mol. The van der Waals surface area contributed by atoms with Gasteiger partial charge >= 0.3 is 0 Å². The highest BCUT2D eigenvalue weighted by Gasteiger charge is 2.31. The lowest BCUT2D eigenvalue weighted by Crippen LogP contribution is -2.49. The number of carbonyl (C=O) groups is 1. The fraction of sp³-hybridized carbons (Fsp3) is 0.333. The van der Waals surface area contributed by atoms with E-state index in [-0.39, 0.29) is 24.4 Å². The lowest BCUT2D eigenvalue weighted by molar-refractivity contribution is 0.0621. The molecular weight excluding hydrogens is 366 g/mol. The maximum atomic E-state index is 13.1. The third-order valence-corrected chi connectivity index (χ3v) is 4.65. The van der Waals surface area contributed by atoms with Crippen LogP contribution < -0.4 is 5.32 Å². The van der Waals surface area contributed by atoms with Crippen molar-refractivity contribution >= 4 is 18.3 Å². The Balaban J connectivity index is 0.00000210. The number of hydrogen-bond donors (Lipinski definition) is 2. The molecule has 0 radical (unpaired) electrons. The molecule has 8 nitrogen and oxygen atoms in total. The van der Waals surface area contributed by atoms with Crippen LogP contribution in [0.2, 0.25) is 0 Å². The molecule has 1 saturated heterocycles. The summed E-state index contributed by atoms with van der Waals surface area (Å²) in [4.78, 5) is 23.7. The van der Waals surface area contributed by atoms with Crippen molar-refractivity contribution in [3.8, 4) is 11.4 Å². The first-order valence-electron chi connectivity index (χ1n) is 8.62. The van der Waals surface area contributed by atoms with E-state index in [1.165, 1.54) is 0 Å². The Kier molecular flexibility index (Phi) is 5.57. The molecule has 1 aliphatic rings. The number of rotatable bonds is 3. The van der Waals surface area contributed by atoms with Gasteiger partial charge in [0, 0.05) is 50.2 Å². The normalized spacial score (nSPS) is 16.8. The Morgan fingerprint density at radius 1 is 1.26 bits per heavy atom. The number of amides is 1. The number of halogens is 1. The van der Waals surface area contributed by atoms with Gasteiger partial charge in [0.25, 0.3) is 5.91 Å². The van der Waals surface area contributed by atoms with Crippen molar-refractivity contribution in [1.82, 2.24) is 34.9 Å². The van der Waals surface area contributed by atoms with Crippen LogP contribution in [0.1, 0.15) is 28.0 Å². The van der Waals surface area contributed by atoms with E-state index in [4.69, 9.17) is 0 Å². The minimum atomic E-state index is -0.0772. The van der Waals surface area contributed by atoms with Gasteiger partial charge < -0.3 is 14.8 Å². The van der Waals surface area contributed by atoms with Crippen LogP contribution in [-0.2, 0) is 7.05 Å². The second-order valence-electron chi connectivity index (χ2n) is 6.44. The molecule has 142 valence electrons. The van der Waals surface area contributed by atoms with Crippen molar-refractivity contribution < 1.29 is 4.79 Å². The van der Waals surface area contributed by atoms with Gasteiger partial charge in [-0.3, -0.25) is 9.89 Å². The summed E-state index contributed by atoms with van der Waals surface area (Å²) in [6.07, 6.45) is 3.67. The Hall–Kier alpha value is -2.71. The molecule has 9 heteroatoms. The first-order chi connectivity index (χ1) is 12.6. The monoisotopic (exact) mass is 387 g/mol. The Morgan fingerprint density at radius 2 is 2.04 bits per heavy atom. The molecule has 1 atom stereocenters. The number of nitrogens with zero attached hydrogens (tertiary/aromatic N) is 5. The molecule has 2 N–H and O–H groups in total. The van der Waals surface area contributed by atoms with Crippen LogP contribution in [0, 0.1) is 6.92 Å². The first-order valence-corrected chi connectivity index (χ1v) is 8.62. The number of aromatic nitrogens is 5. The first kappa shape index (κ1) is 19.1. The van der Waals surface area contributed by atoms with Gasteiger partial charge in [0.15, 0.2) is 5.82 Å². The fourth-order valence-corrected chi connectivity index (χ4v) is 3.28. The lowest BCUT2D eigenvalue weighted by Gasteiger charge is -2.35. The van der Waals surface area contributed by atoms with Crippen molar-refractivity contribution in [1.29, 1.82) is 0 Å². The van der Waals surface area contributed by atoms with Gasteiger partial charge in [-0.05, 0) is 19.1 Å². The van der Waals surface area contributed by atoms with Crippen molar-refractivity contribution in [2.24, 2.45) is 7.05 Å². The Bertz CT molecular complexity index is 918. The highest BCUT2D eigenvalue weighted by molar-refractivity contribution is 5.95. The number of benzene rings is 1. The molecule has 0 saturated carbocycles. The number of H-pyrrole nitrogens is 1. The van der Waals surface area contributed by atoms with Crippen LogP contribution in [0.3, 0.4) is 0 Å². The van der Waals surface area contributed by atoms with E-state index in [1.54, 1.807) is 6.20 Å². The van der Waals surface area contributed by atoms with Crippen LogP contribution in [0.25, 0.3) is 11.4 Å². The quantitative estimate of drug-likeness (QED) is 0.714. The van der Waals surface area contributed by atoms with Gasteiger partial charge in [0.2, 0.25) is 0 Å². The summed E-state index contributed by atoms with van der Waals surface area (Å²) in [6.45, 7) is 3.99. The number of aromatic amines is 1. The minimum absolute atomic E-state index is 0. The van der Waals surface area contributed by atoms with Crippen LogP contribution in [0.15, 0.2) is 36.7 Å². The third-order valence-electron chi connectivity index (χ3n) is 4.65. The van der Waals surface area contributed by atoms with Crippen LogP contribution in [-0.4, -0.2) is 55.2 Å². The highest BCUT2D eigenvalue weighted by atomic mass is 35.5. The Labute approximate surface area is 163 Å². The lowest BCUT2D eigenvalue weighted by atomic mass is 10.1. The molecule has 1 fully saturated rings. The Morgan fingerprint density at radius 3 is 2.67 bits per heavy atom. The van der Waals surface area contributed by atoms with Crippen LogP contribution in [0.4, 0.5) is 0 Å². The molecule has 2 aromatic heterocycles. The fourth-order valence-electron chi connectivity index (χ4n) is 3.28. The molecule has 1 aromatic carbocycles. The van der Waals surface area contributed by atoms with Gasteiger partial charge in [-0.25, -0.2) is 9.97 Å². The van der Waals surface area contributed by atoms with Crippen molar-refractivity contribution in [3.05, 3.63) is 53.9 Å². The summed E-state index contributed by atoms with van der Waals surface area (Å²) in [5, 5.41) is 10.3. The molecule has 1 amide bonds. The molecule has 1 aliphatic heterocycles. The maximum Gasteiger partial charge on any atom is 0.254 e. The molecule has 4 rings (SSSR count). The van der Waals surface area contributed by atoms with Gasteiger partial charge in [-0.2, -0.15) is 5.10 Å². The SMILES string of the molecule is Cc1nc(-c2ccc(C(=O)N3CCNCC3c3nccn3C)cc2)n[nH]1.Cl. The summed E-state index contributed by atoms with van der Waals surface area (Å²) < 4.78 is 1.96. The van der Waals surface area contributed by atoms with E-state index in [2.05, 4.69) is 25.5 Å². The number of piperazine rings is 1. The number of hydrogen-bond acceptors (Lipinski definition) is 5. The molecule has 1 unspecified atom stereocenters. The molecule has 0 aliphatic carbocycles. The third kappa shape index (κ3) is 3.72. The van der Waals surface area contributed by atoms with E-state index < -0.39 is 0 Å². The molecule has 0 bridgehead atoms. The zero-order valence-electron chi connectivity index (χ0n) is 15.2. The van der Waals surface area contributed by atoms with E-state index in [0.717, 1.165) is 23.8 Å². The molecule has 3 aromatic rings. The van der Waals surface area contributed by atoms with Crippen molar-refractivity contribution in [3.63, 3.8) is 0 Å². The van der Waals surface area contributed by atoms with E-state index in [9.17, 15) is 4.79 Å². The molecule has 0 spiro atoms. The smallest absolute Gasteiger partial charge is 0.254 e. The van der Waals surface area contributed by atoms with Gasteiger partial charge in [0.05, 0.1) is 0 Å². The molecule has 3 heterocycles. The van der Waals surface area contributed by atoms with Gasteiger partial charge in [-0.15, -0.1) is 12.4 Å². The summed E-state index contributed by atoms with van der Waals surface area (Å²) in [5.74, 6) is 2.30. The second kappa shape index (κ2) is 7.89. The van der Waals surface area contributed by atoms with E-state index in [0.29, 0.717) is 24.5 Å². The number of nitrogens with one attached hydrogen (secondary N) is 2. The number of imidazole rings is 1. The van der Waals surface area contributed by atoms with Crippen LogP contribution >= 0.6 is 12.4 Å². The van der Waals surface area contributed by atoms with Gasteiger partial charge in [0.1, 0.15) is 17.7 Å². The van der Waals surface area contributed by atoms with E-state index in [1.807, 2.05) is 53.9 Å². The number of carbonyl (C=O) groups excluding carboxylic acids is 1. The maximum absolute atomic E-state index is 13.1. The van der Waals surface area contributed by atoms with E-state index >= 15 is 0 Å². The summed E-state index contributed by atoms with van der Waals surface area (Å²) >= 11 is 0. The highest BCUT2D eigenvalue weighted by Crippen LogP contribution is 2.24. The second-order valence-corrected chi connectivity index (χ2v) is 6.44. The van der Waals surface area contributed by atoms with Crippen LogP contribution in [0.5, 0.6) is 0 Å². The predicted octanol–water partition coefficient (Wildman–Crippen LogP) is 1.72. The zero-order chi connectivity index (χ0) is 18.1. The summed E-state index contributed by atoms with van der Waals surface area (Å²) in [5.41, 5.74) is 1.54. The average Bonchev–Trinajstić information content (AvgIpc) is 3.29. The molecular formula is C18H22ClN7O. The molecule has 27 heavy (non-hydrogen) atoms. The number of aryl methyl sites for hydroxylation is 2. The largest absolute Gasteiger partial charge is 0.336 e. The minimum Gasteiger partial charge on any atom is -0.336 e. The zero-order valence-corrected chi connectivity index (χ0v) is 16.0. The van der Waals surface area contributed by atoms with Crippen molar-refractivity contribution in [2.45, 2.75) is 13.0 Å².